The molecule has 0 aliphatic heterocycles. The largest absolute Gasteiger partial charge is 0.497 e. The van der Waals surface area contributed by atoms with Gasteiger partial charge in [0.1, 0.15) is 11.5 Å². The highest BCUT2D eigenvalue weighted by Gasteiger charge is 2.16. The van der Waals surface area contributed by atoms with Gasteiger partial charge in [0, 0.05) is 11.3 Å². The summed E-state index contributed by atoms with van der Waals surface area (Å²) in [6.07, 6.45) is 3.27. The molecule has 1 aliphatic carbocycles. The second-order valence-electron chi connectivity index (χ2n) is 5.13. The summed E-state index contributed by atoms with van der Waals surface area (Å²) in [5, 5.41) is 0. The molecule has 0 N–H and O–H groups in total. The number of hydrogen-bond donors (Lipinski definition) is 0. The highest BCUT2D eigenvalue weighted by molar-refractivity contribution is 6.04. The molecule has 0 saturated heterocycles. The molecule has 0 aromatic heterocycles. The maximum atomic E-state index is 5.34. The Balaban J connectivity index is 1.97. The van der Waals surface area contributed by atoms with E-state index in [-0.39, 0.29) is 0 Å². The zero-order valence-electron chi connectivity index (χ0n) is 12.4. The Hall–Kier alpha value is -2.29. The van der Waals surface area contributed by atoms with E-state index in [1.54, 1.807) is 14.2 Å². The first-order valence-electron chi connectivity index (χ1n) is 7.19. The normalized spacial score (nSPS) is 15.6. The van der Waals surface area contributed by atoms with Gasteiger partial charge in [0.05, 0.1) is 19.9 Å². The second-order valence-corrected chi connectivity index (χ2v) is 5.13. The van der Waals surface area contributed by atoms with Crippen LogP contribution in [0, 0.1) is 0 Å². The fraction of sp³-hybridized carbons (Fsp3) is 0.278. The molecule has 0 saturated carbocycles. The molecule has 0 amide bonds. The Morgan fingerprint density at radius 3 is 2.29 bits per heavy atom. The van der Waals surface area contributed by atoms with Gasteiger partial charge in [-0.3, -0.25) is 4.99 Å². The van der Waals surface area contributed by atoms with Crippen molar-refractivity contribution in [2.24, 2.45) is 4.99 Å². The van der Waals surface area contributed by atoms with E-state index in [1.807, 2.05) is 30.3 Å². The quantitative estimate of drug-likeness (QED) is 0.845. The third kappa shape index (κ3) is 2.92. The molecule has 2 aromatic rings. The van der Waals surface area contributed by atoms with Crippen LogP contribution in [0.2, 0.25) is 0 Å². The molecule has 3 nitrogen and oxygen atoms in total. The molecule has 108 valence electrons. The van der Waals surface area contributed by atoms with Crippen molar-refractivity contribution < 1.29 is 9.47 Å². The number of hydrogen-bond acceptors (Lipinski definition) is 3. The molecule has 0 bridgehead atoms. The van der Waals surface area contributed by atoms with Gasteiger partial charge in [-0.15, -0.1) is 0 Å². The van der Waals surface area contributed by atoms with Crippen LogP contribution in [0.5, 0.6) is 11.5 Å². The molecule has 0 unspecified atom stereocenters. The van der Waals surface area contributed by atoms with Crippen molar-refractivity contribution in [2.75, 3.05) is 14.2 Å². The highest BCUT2D eigenvalue weighted by atomic mass is 16.5. The molecule has 0 spiro atoms. The number of rotatable bonds is 3. The smallest absolute Gasteiger partial charge is 0.119 e. The van der Waals surface area contributed by atoms with Crippen molar-refractivity contribution in [3.63, 3.8) is 0 Å². The number of fused-ring (bicyclic) bond motifs is 1. The van der Waals surface area contributed by atoms with E-state index in [9.17, 15) is 0 Å². The van der Waals surface area contributed by atoms with Crippen molar-refractivity contribution in [1.29, 1.82) is 0 Å². The maximum Gasteiger partial charge on any atom is 0.119 e. The van der Waals surface area contributed by atoms with E-state index in [2.05, 4.69) is 12.1 Å². The van der Waals surface area contributed by atoms with Gasteiger partial charge >= 0.3 is 0 Å². The van der Waals surface area contributed by atoms with E-state index < -0.39 is 0 Å². The average molecular weight is 281 g/mol. The lowest BCUT2D eigenvalue weighted by molar-refractivity contribution is 0.414. The van der Waals surface area contributed by atoms with E-state index in [1.165, 1.54) is 11.1 Å². The minimum Gasteiger partial charge on any atom is -0.497 e. The average Bonchev–Trinajstić information content (AvgIpc) is 2.55. The summed E-state index contributed by atoms with van der Waals surface area (Å²) < 4.78 is 10.5. The standard InChI is InChI=1S/C18H19NO2/c1-20-15-10-7-14(8-11-15)19-18-5-3-4-13-6-9-16(21-2)12-17(13)18/h6-12H,3-5H2,1-2H3/b19-18+. The monoisotopic (exact) mass is 281 g/mol. The summed E-state index contributed by atoms with van der Waals surface area (Å²) in [7, 11) is 3.37. The van der Waals surface area contributed by atoms with Crippen LogP contribution in [-0.4, -0.2) is 19.9 Å². The predicted octanol–water partition coefficient (Wildman–Crippen LogP) is 4.16. The van der Waals surface area contributed by atoms with Crippen LogP contribution < -0.4 is 9.47 Å². The Morgan fingerprint density at radius 1 is 0.857 bits per heavy atom. The predicted molar refractivity (Wildman–Crippen MR) is 85.1 cm³/mol. The number of aryl methyl sites for hydroxylation is 1. The van der Waals surface area contributed by atoms with E-state index in [0.29, 0.717) is 0 Å². The highest BCUT2D eigenvalue weighted by Crippen LogP contribution is 2.28. The minimum atomic E-state index is 0.852. The lowest BCUT2D eigenvalue weighted by Gasteiger charge is -2.18. The summed E-state index contributed by atoms with van der Waals surface area (Å²) >= 11 is 0. The molecule has 0 fully saturated rings. The van der Waals surface area contributed by atoms with Crippen molar-refractivity contribution >= 4 is 11.4 Å². The van der Waals surface area contributed by atoms with Gasteiger partial charge in [-0.1, -0.05) is 6.07 Å². The van der Waals surface area contributed by atoms with Crippen molar-refractivity contribution in [2.45, 2.75) is 19.3 Å². The second kappa shape index (κ2) is 6.00. The van der Waals surface area contributed by atoms with E-state index in [4.69, 9.17) is 14.5 Å². The van der Waals surface area contributed by atoms with Crippen LogP contribution in [-0.2, 0) is 6.42 Å². The first kappa shape index (κ1) is 13.7. The van der Waals surface area contributed by atoms with Gasteiger partial charge in [-0.05, 0) is 61.2 Å². The molecule has 21 heavy (non-hydrogen) atoms. The third-order valence-electron chi connectivity index (χ3n) is 3.82. The van der Waals surface area contributed by atoms with Crippen LogP contribution >= 0.6 is 0 Å². The Morgan fingerprint density at radius 2 is 1.57 bits per heavy atom. The molecular weight excluding hydrogens is 262 g/mol. The lowest BCUT2D eigenvalue weighted by Crippen LogP contribution is -2.11. The third-order valence-corrected chi connectivity index (χ3v) is 3.82. The van der Waals surface area contributed by atoms with Gasteiger partial charge in [-0.2, -0.15) is 0 Å². The summed E-state index contributed by atoms with van der Waals surface area (Å²) in [4.78, 5) is 4.82. The van der Waals surface area contributed by atoms with Crippen LogP contribution in [0.4, 0.5) is 5.69 Å². The Kier molecular flexibility index (Phi) is 3.91. The van der Waals surface area contributed by atoms with E-state index >= 15 is 0 Å². The number of aliphatic imine (C=N–C) groups is 1. The molecule has 3 heteroatoms. The minimum absolute atomic E-state index is 0.852. The van der Waals surface area contributed by atoms with Crippen molar-refractivity contribution in [3.05, 3.63) is 53.6 Å². The van der Waals surface area contributed by atoms with Gasteiger partial charge < -0.3 is 9.47 Å². The number of methoxy groups -OCH3 is 2. The maximum absolute atomic E-state index is 5.34. The fourth-order valence-corrected chi connectivity index (χ4v) is 2.68. The summed E-state index contributed by atoms with van der Waals surface area (Å²) in [5.41, 5.74) is 4.67. The molecule has 3 rings (SSSR count). The van der Waals surface area contributed by atoms with Crippen molar-refractivity contribution in [3.8, 4) is 11.5 Å². The van der Waals surface area contributed by atoms with Crippen LogP contribution in [0.25, 0.3) is 0 Å². The Bertz CT molecular complexity index is 659. The number of nitrogens with zero attached hydrogens (tertiary/aromatic N) is 1. The van der Waals surface area contributed by atoms with Gasteiger partial charge in [-0.25, -0.2) is 0 Å². The van der Waals surface area contributed by atoms with Crippen LogP contribution in [0.1, 0.15) is 24.0 Å². The topological polar surface area (TPSA) is 30.8 Å². The van der Waals surface area contributed by atoms with Gasteiger partial charge in [0.25, 0.3) is 0 Å². The van der Waals surface area contributed by atoms with E-state index in [0.717, 1.165) is 42.2 Å². The van der Waals surface area contributed by atoms with Crippen LogP contribution in [0.15, 0.2) is 47.5 Å². The summed E-state index contributed by atoms with van der Waals surface area (Å²) in [6.45, 7) is 0. The fourth-order valence-electron chi connectivity index (χ4n) is 2.68. The number of ether oxygens (including phenoxy) is 2. The molecule has 2 aromatic carbocycles. The van der Waals surface area contributed by atoms with Crippen LogP contribution in [0.3, 0.4) is 0 Å². The zero-order chi connectivity index (χ0) is 14.7. The van der Waals surface area contributed by atoms with Gasteiger partial charge in [0.15, 0.2) is 0 Å². The summed E-state index contributed by atoms with van der Waals surface area (Å²) in [6, 6.07) is 14.1. The van der Waals surface area contributed by atoms with Gasteiger partial charge in [0.2, 0.25) is 0 Å². The molecule has 0 atom stereocenters. The summed E-state index contributed by atoms with van der Waals surface area (Å²) in [5.74, 6) is 1.74. The van der Waals surface area contributed by atoms with Crippen molar-refractivity contribution in [1.82, 2.24) is 0 Å². The molecule has 0 radical (unpaired) electrons. The zero-order valence-corrected chi connectivity index (χ0v) is 12.4. The SMILES string of the molecule is COc1ccc(/N=C2\CCCc3ccc(OC)cc32)cc1. The molecule has 0 heterocycles. The first-order valence-corrected chi connectivity index (χ1v) is 7.19. The lowest BCUT2D eigenvalue weighted by atomic mass is 9.90. The molecular formula is C18H19NO2. The Labute approximate surface area is 125 Å². The first-order chi connectivity index (χ1) is 10.3. The molecule has 1 aliphatic rings. The number of benzene rings is 2.